The van der Waals surface area contributed by atoms with Crippen LogP contribution >= 0.6 is 23.4 Å². The van der Waals surface area contributed by atoms with Crippen molar-refractivity contribution in [1.82, 2.24) is 4.98 Å². The fourth-order valence-corrected chi connectivity index (χ4v) is 2.05. The van der Waals surface area contributed by atoms with E-state index in [1.54, 1.807) is 17.8 Å². The molecule has 2 nitrogen and oxygen atoms in total. The van der Waals surface area contributed by atoms with Crippen LogP contribution in [0.15, 0.2) is 17.2 Å². The minimum absolute atomic E-state index is 0.569. The molecule has 1 aromatic rings. The van der Waals surface area contributed by atoms with Crippen molar-refractivity contribution in [2.75, 3.05) is 17.6 Å². The summed E-state index contributed by atoms with van der Waals surface area (Å²) in [5, 5.41) is 4.83. The van der Waals surface area contributed by atoms with Crippen LogP contribution in [0.1, 0.15) is 0 Å². The van der Waals surface area contributed by atoms with Crippen molar-refractivity contribution in [2.24, 2.45) is 0 Å². The van der Waals surface area contributed by atoms with E-state index in [9.17, 15) is 0 Å². The Hall–Kier alpha value is -0.410. The van der Waals surface area contributed by atoms with E-state index < -0.39 is 0 Å². The minimum Gasteiger partial charge on any atom is -0.382 e. The fraction of sp³-hybridized carbons (Fsp3) is 0.286. The molecule has 0 amide bonds. The molecule has 0 aromatic carbocycles. The van der Waals surface area contributed by atoms with Crippen molar-refractivity contribution >= 4 is 29.1 Å². The third-order valence-corrected chi connectivity index (χ3v) is 2.69. The Bertz CT molecular complexity index is 277. The number of thioether (sulfide) groups is 1. The standard InChI is InChI=1S/C7H7ClN2S/c8-6-2-1-5-7(10-6)11-4-3-9-5/h1-2,9H,3-4H2. The van der Waals surface area contributed by atoms with Gasteiger partial charge in [-0.15, -0.1) is 11.8 Å². The van der Waals surface area contributed by atoms with Crippen molar-refractivity contribution in [2.45, 2.75) is 5.03 Å². The molecule has 1 N–H and O–H groups in total. The van der Waals surface area contributed by atoms with E-state index in [4.69, 9.17) is 11.6 Å². The van der Waals surface area contributed by atoms with Gasteiger partial charge in [-0.05, 0) is 12.1 Å². The second-order valence-corrected chi connectivity index (χ2v) is 3.73. The van der Waals surface area contributed by atoms with Crippen LogP contribution in [-0.2, 0) is 0 Å². The molecule has 0 aliphatic carbocycles. The molecule has 0 bridgehead atoms. The number of hydrogen-bond donors (Lipinski definition) is 1. The first-order valence-corrected chi connectivity index (χ1v) is 4.76. The van der Waals surface area contributed by atoms with Crippen LogP contribution in [0.5, 0.6) is 0 Å². The summed E-state index contributed by atoms with van der Waals surface area (Å²) in [5.74, 6) is 1.07. The van der Waals surface area contributed by atoms with Gasteiger partial charge in [0.15, 0.2) is 0 Å². The number of anilines is 1. The van der Waals surface area contributed by atoms with Crippen LogP contribution in [-0.4, -0.2) is 17.3 Å². The summed E-state index contributed by atoms with van der Waals surface area (Å²) in [7, 11) is 0. The quantitative estimate of drug-likeness (QED) is 0.630. The largest absolute Gasteiger partial charge is 0.382 e. The highest BCUT2D eigenvalue weighted by atomic mass is 35.5. The molecule has 0 saturated heterocycles. The molecule has 0 spiro atoms. The van der Waals surface area contributed by atoms with E-state index in [0.29, 0.717) is 5.15 Å². The summed E-state index contributed by atoms with van der Waals surface area (Å²) in [6, 6.07) is 3.77. The normalized spacial score (nSPS) is 15.4. The molecule has 2 heterocycles. The molecule has 0 fully saturated rings. The summed E-state index contributed by atoms with van der Waals surface area (Å²) < 4.78 is 0. The van der Waals surface area contributed by atoms with E-state index in [0.717, 1.165) is 23.0 Å². The van der Waals surface area contributed by atoms with E-state index in [-0.39, 0.29) is 0 Å². The number of nitrogens with zero attached hydrogens (tertiary/aromatic N) is 1. The number of hydrogen-bond acceptors (Lipinski definition) is 3. The molecule has 1 aliphatic heterocycles. The fourth-order valence-electron chi connectivity index (χ4n) is 0.996. The van der Waals surface area contributed by atoms with Gasteiger partial charge in [0.2, 0.25) is 0 Å². The monoisotopic (exact) mass is 186 g/mol. The zero-order valence-electron chi connectivity index (χ0n) is 5.80. The predicted octanol–water partition coefficient (Wildman–Crippen LogP) is 2.25. The van der Waals surface area contributed by atoms with Crippen LogP contribution in [0.2, 0.25) is 5.15 Å². The van der Waals surface area contributed by atoms with Crippen molar-refractivity contribution in [1.29, 1.82) is 0 Å². The first kappa shape index (κ1) is 7.25. The maximum atomic E-state index is 5.72. The molecule has 1 aromatic heterocycles. The summed E-state index contributed by atoms with van der Waals surface area (Å²) in [4.78, 5) is 4.18. The maximum absolute atomic E-state index is 5.72. The zero-order chi connectivity index (χ0) is 7.68. The van der Waals surface area contributed by atoms with Gasteiger partial charge in [-0.1, -0.05) is 11.6 Å². The molecule has 1 aliphatic rings. The first-order chi connectivity index (χ1) is 5.36. The SMILES string of the molecule is Clc1ccc2c(n1)SCCN2. The highest BCUT2D eigenvalue weighted by molar-refractivity contribution is 7.99. The number of nitrogens with one attached hydrogen (secondary N) is 1. The molecule has 11 heavy (non-hydrogen) atoms. The Kier molecular flexibility index (Phi) is 1.92. The summed E-state index contributed by atoms with van der Waals surface area (Å²) in [5.41, 5.74) is 1.10. The Morgan fingerprint density at radius 2 is 2.45 bits per heavy atom. The molecule has 2 rings (SSSR count). The summed E-state index contributed by atoms with van der Waals surface area (Å²) in [6.07, 6.45) is 0. The zero-order valence-corrected chi connectivity index (χ0v) is 7.37. The molecule has 0 unspecified atom stereocenters. The van der Waals surface area contributed by atoms with E-state index >= 15 is 0 Å². The van der Waals surface area contributed by atoms with Crippen LogP contribution in [0.25, 0.3) is 0 Å². The van der Waals surface area contributed by atoms with Crippen molar-refractivity contribution < 1.29 is 0 Å². The second kappa shape index (κ2) is 2.91. The predicted molar refractivity (Wildman–Crippen MR) is 48.5 cm³/mol. The molecule has 0 radical (unpaired) electrons. The van der Waals surface area contributed by atoms with Gasteiger partial charge in [-0.3, -0.25) is 0 Å². The third kappa shape index (κ3) is 1.44. The Balaban J connectivity index is 2.43. The number of rotatable bonds is 0. The number of aromatic nitrogens is 1. The topological polar surface area (TPSA) is 24.9 Å². The van der Waals surface area contributed by atoms with Crippen LogP contribution in [0, 0.1) is 0 Å². The summed E-state index contributed by atoms with van der Waals surface area (Å²) >= 11 is 7.47. The van der Waals surface area contributed by atoms with Gasteiger partial charge in [-0.2, -0.15) is 0 Å². The highest BCUT2D eigenvalue weighted by Gasteiger charge is 2.09. The lowest BCUT2D eigenvalue weighted by Crippen LogP contribution is -2.10. The van der Waals surface area contributed by atoms with E-state index in [2.05, 4.69) is 10.3 Å². The van der Waals surface area contributed by atoms with Crippen molar-refractivity contribution in [3.05, 3.63) is 17.3 Å². The first-order valence-electron chi connectivity index (χ1n) is 3.39. The van der Waals surface area contributed by atoms with Crippen LogP contribution in [0.3, 0.4) is 0 Å². The molecule has 58 valence electrons. The number of fused-ring (bicyclic) bond motifs is 1. The third-order valence-electron chi connectivity index (χ3n) is 1.48. The average Bonchev–Trinajstić information content (AvgIpc) is 2.04. The highest BCUT2D eigenvalue weighted by Crippen LogP contribution is 2.29. The molecular formula is C7H7ClN2S. The van der Waals surface area contributed by atoms with Crippen molar-refractivity contribution in [3.63, 3.8) is 0 Å². The van der Waals surface area contributed by atoms with Crippen LogP contribution in [0.4, 0.5) is 5.69 Å². The van der Waals surface area contributed by atoms with E-state index in [1.165, 1.54) is 0 Å². The molecule has 0 saturated carbocycles. The smallest absolute Gasteiger partial charge is 0.130 e. The van der Waals surface area contributed by atoms with Gasteiger partial charge in [0.25, 0.3) is 0 Å². The van der Waals surface area contributed by atoms with Gasteiger partial charge in [0.1, 0.15) is 10.2 Å². The lowest BCUT2D eigenvalue weighted by molar-refractivity contribution is 1.07. The van der Waals surface area contributed by atoms with E-state index in [1.807, 2.05) is 6.07 Å². The average molecular weight is 187 g/mol. The number of pyridine rings is 1. The summed E-state index contributed by atoms with van der Waals surface area (Å²) in [6.45, 7) is 1.01. The molecule has 0 atom stereocenters. The van der Waals surface area contributed by atoms with Gasteiger partial charge in [0, 0.05) is 12.3 Å². The Morgan fingerprint density at radius 1 is 1.55 bits per heavy atom. The van der Waals surface area contributed by atoms with Crippen LogP contribution < -0.4 is 5.32 Å². The molecule has 4 heteroatoms. The number of halogens is 1. The molecular weight excluding hydrogens is 180 g/mol. The van der Waals surface area contributed by atoms with Gasteiger partial charge in [-0.25, -0.2) is 4.98 Å². The maximum Gasteiger partial charge on any atom is 0.130 e. The van der Waals surface area contributed by atoms with Gasteiger partial charge < -0.3 is 5.32 Å². The lowest BCUT2D eigenvalue weighted by atomic mass is 10.4. The Morgan fingerprint density at radius 3 is 3.36 bits per heavy atom. The minimum atomic E-state index is 0.569. The van der Waals surface area contributed by atoms with Gasteiger partial charge in [0.05, 0.1) is 5.69 Å². The van der Waals surface area contributed by atoms with Gasteiger partial charge >= 0.3 is 0 Å². The Labute approximate surface area is 74.4 Å². The lowest BCUT2D eigenvalue weighted by Gasteiger charge is -2.15. The second-order valence-electron chi connectivity index (χ2n) is 2.26. The van der Waals surface area contributed by atoms with Crippen molar-refractivity contribution in [3.8, 4) is 0 Å².